The Labute approximate surface area is 164 Å². The number of aromatic nitrogens is 2. The molecule has 2 fully saturated rings. The second kappa shape index (κ2) is 8.12. The normalized spacial score (nSPS) is 25.0. The van der Waals surface area contributed by atoms with E-state index in [0.29, 0.717) is 24.6 Å². The molecule has 28 heavy (non-hydrogen) atoms. The molecule has 0 radical (unpaired) electrons. The van der Waals surface area contributed by atoms with Crippen LogP contribution in [0.15, 0.2) is 34.9 Å². The predicted molar refractivity (Wildman–Crippen MR) is 103 cm³/mol. The minimum Gasteiger partial charge on any atom is -0.359 e. The number of nitrogens with zero attached hydrogens (tertiary/aromatic N) is 2. The van der Waals surface area contributed by atoms with Crippen molar-refractivity contribution in [1.82, 2.24) is 20.8 Å². The molecule has 3 atom stereocenters. The molecule has 4 rings (SSSR count). The van der Waals surface area contributed by atoms with Crippen LogP contribution in [0, 0.1) is 11.8 Å². The molecule has 0 unspecified atom stereocenters. The summed E-state index contributed by atoms with van der Waals surface area (Å²) >= 11 is 0. The first kappa shape index (κ1) is 18.7. The van der Waals surface area contributed by atoms with Crippen molar-refractivity contribution in [2.75, 3.05) is 7.05 Å². The average Bonchev–Trinajstić information content (AvgIpc) is 3.47. The van der Waals surface area contributed by atoms with Crippen LogP contribution in [0.2, 0.25) is 0 Å². The van der Waals surface area contributed by atoms with Crippen molar-refractivity contribution in [3.8, 4) is 11.4 Å². The third kappa shape index (κ3) is 3.79. The molecule has 2 N–H and O–H groups in total. The Bertz CT molecular complexity index is 829. The Morgan fingerprint density at radius 3 is 2.50 bits per heavy atom. The van der Waals surface area contributed by atoms with Crippen LogP contribution in [0.4, 0.5) is 0 Å². The Morgan fingerprint density at radius 1 is 1.04 bits per heavy atom. The SMILES string of the molecule is CNC(=O)[C@H]1C[C@H](NC(=O)C2CCCC2)[C@H](c2nc(-c3ccccc3)no2)C1. The van der Waals surface area contributed by atoms with Crippen LogP contribution < -0.4 is 10.6 Å². The fourth-order valence-corrected chi connectivity index (χ4v) is 4.47. The van der Waals surface area contributed by atoms with E-state index in [9.17, 15) is 9.59 Å². The van der Waals surface area contributed by atoms with Crippen LogP contribution in [-0.4, -0.2) is 35.0 Å². The molecule has 2 aliphatic rings. The highest BCUT2D eigenvalue weighted by Crippen LogP contribution is 2.39. The summed E-state index contributed by atoms with van der Waals surface area (Å²) < 4.78 is 5.56. The number of rotatable bonds is 5. The molecule has 7 heteroatoms. The van der Waals surface area contributed by atoms with Crippen LogP contribution in [0.3, 0.4) is 0 Å². The quantitative estimate of drug-likeness (QED) is 0.829. The first-order valence-corrected chi connectivity index (χ1v) is 10.1. The third-order valence-corrected chi connectivity index (χ3v) is 6.02. The summed E-state index contributed by atoms with van der Waals surface area (Å²) in [6.07, 6.45) is 5.29. The second-order valence-electron chi connectivity index (χ2n) is 7.81. The van der Waals surface area contributed by atoms with Crippen molar-refractivity contribution >= 4 is 11.8 Å². The molecule has 0 aliphatic heterocycles. The van der Waals surface area contributed by atoms with Gasteiger partial charge in [0, 0.05) is 30.5 Å². The number of carbonyl (C=O) groups excluding carboxylic acids is 2. The van der Waals surface area contributed by atoms with Crippen LogP contribution in [0.5, 0.6) is 0 Å². The third-order valence-electron chi connectivity index (χ3n) is 6.02. The van der Waals surface area contributed by atoms with Crippen molar-refractivity contribution in [2.24, 2.45) is 11.8 Å². The molecule has 1 heterocycles. The van der Waals surface area contributed by atoms with E-state index >= 15 is 0 Å². The Kier molecular flexibility index (Phi) is 5.41. The van der Waals surface area contributed by atoms with Crippen molar-refractivity contribution in [2.45, 2.75) is 50.5 Å². The van der Waals surface area contributed by atoms with Gasteiger partial charge >= 0.3 is 0 Å². The molecule has 7 nitrogen and oxygen atoms in total. The number of benzene rings is 1. The fourth-order valence-electron chi connectivity index (χ4n) is 4.47. The zero-order chi connectivity index (χ0) is 19.5. The lowest BCUT2D eigenvalue weighted by atomic mass is 10.0. The second-order valence-corrected chi connectivity index (χ2v) is 7.81. The van der Waals surface area contributed by atoms with Gasteiger partial charge in [-0.25, -0.2) is 0 Å². The van der Waals surface area contributed by atoms with Gasteiger partial charge in [0.25, 0.3) is 0 Å². The number of carbonyl (C=O) groups is 2. The zero-order valence-electron chi connectivity index (χ0n) is 16.1. The molecule has 0 saturated heterocycles. The molecule has 2 aliphatic carbocycles. The van der Waals surface area contributed by atoms with Gasteiger partial charge in [-0.05, 0) is 25.7 Å². The van der Waals surface area contributed by atoms with E-state index in [4.69, 9.17) is 4.52 Å². The number of hydrogen-bond donors (Lipinski definition) is 2. The maximum atomic E-state index is 12.7. The van der Waals surface area contributed by atoms with Crippen LogP contribution in [-0.2, 0) is 9.59 Å². The fraction of sp³-hybridized carbons (Fsp3) is 0.524. The van der Waals surface area contributed by atoms with Crippen molar-refractivity contribution in [3.63, 3.8) is 0 Å². The minimum atomic E-state index is -0.170. The van der Waals surface area contributed by atoms with Gasteiger partial charge in [0.05, 0.1) is 5.92 Å². The average molecular weight is 382 g/mol. The summed E-state index contributed by atoms with van der Waals surface area (Å²) in [5.41, 5.74) is 0.880. The summed E-state index contributed by atoms with van der Waals surface area (Å²) in [7, 11) is 1.64. The first-order chi connectivity index (χ1) is 13.7. The van der Waals surface area contributed by atoms with E-state index < -0.39 is 0 Å². The van der Waals surface area contributed by atoms with Gasteiger partial charge in [-0.15, -0.1) is 0 Å². The lowest BCUT2D eigenvalue weighted by molar-refractivity contribution is -0.126. The van der Waals surface area contributed by atoms with E-state index in [1.165, 1.54) is 0 Å². The number of amides is 2. The molecule has 148 valence electrons. The number of hydrogen-bond acceptors (Lipinski definition) is 5. The maximum Gasteiger partial charge on any atom is 0.232 e. The van der Waals surface area contributed by atoms with Gasteiger partial charge in [0.2, 0.25) is 23.5 Å². The van der Waals surface area contributed by atoms with E-state index in [1.54, 1.807) is 7.05 Å². The summed E-state index contributed by atoms with van der Waals surface area (Å²) in [4.78, 5) is 29.5. The highest BCUT2D eigenvalue weighted by molar-refractivity contribution is 5.81. The van der Waals surface area contributed by atoms with Crippen molar-refractivity contribution < 1.29 is 14.1 Å². The Morgan fingerprint density at radius 2 is 1.79 bits per heavy atom. The van der Waals surface area contributed by atoms with E-state index in [2.05, 4.69) is 20.8 Å². The Balaban J connectivity index is 1.54. The van der Waals surface area contributed by atoms with Gasteiger partial charge in [0.15, 0.2) is 0 Å². The minimum absolute atomic E-state index is 0.00888. The highest BCUT2D eigenvalue weighted by atomic mass is 16.5. The first-order valence-electron chi connectivity index (χ1n) is 10.1. The molecular formula is C21H26N4O3. The van der Waals surface area contributed by atoms with Crippen molar-refractivity contribution in [3.05, 3.63) is 36.2 Å². The summed E-state index contributed by atoms with van der Waals surface area (Å²) in [5.74, 6) is 0.857. The van der Waals surface area contributed by atoms with Gasteiger partial charge in [-0.3, -0.25) is 9.59 Å². The molecule has 2 aromatic rings. The molecule has 2 amide bonds. The van der Waals surface area contributed by atoms with E-state index in [1.807, 2.05) is 30.3 Å². The van der Waals surface area contributed by atoms with Crippen LogP contribution in [0.25, 0.3) is 11.4 Å². The van der Waals surface area contributed by atoms with Crippen LogP contribution in [0.1, 0.15) is 50.3 Å². The predicted octanol–water partition coefficient (Wildman–Crippen LogP) is 2.65. The molecule has 1 aromatic heterocycles. The van der Waals surface area contributed by atoms with Gasteiger partial charge in [0.1, 0.15) is 0 Å². The molecule has 2 saturated carbocycles. The highest BCUT2D eigenvalue weighted by Gasteiger charge is 2.42. The standard InChI is InChI=1S/C21H26N4O3/c1-22-19(26)15-11-16(17(12-15)23-20(27)14-9-5-6-10-14)21-24-18(25-28-21)13-7-3-2-4-8-13/h2-4,7-8,14-17H,5-6,9-12H2,1H3,(H,22,26)(H,23,27)/t15-,16-,17+/m1/s1. The van der Waals surface area contributed by atoms with E-state index in [-0.39, 0.29) is 35.6 Å². The van der Waals surface area contributed by atoms with E-state index in [0.717, 1.165) is 31.2 Å². The molecule has 0 spiro atoms. The summed E-state index contributed by atoms with van der Waals surface area (Å²) in [5, 5.41) is 10.0. The summed E-state index contributed by atoms with van der Waals surface area (Å²) in [6.45, 7) is 0. The van der Waals surface area contributed by atoms with Crippen LogP contribution >= 0.6 is 0 Å². The largest absolute Gasteiger partial charge is 0.359 e. The molecule has 0 bridgehead atoms. The zero-order valence-corrected chi connectivity index (χ0v) is 16.1. The number of nitrogens with one attached hydrogen (secondary N) is 2. The monoisotopic (exact) mass is 382 g/mol. The Hall–Kier alpha value is -2.70. The van der Waals surface area contributed by atoms with Crippen molar-refractivity contribution in [1.29, 1.82) is 0 Å². The lowest BCUT2D eigenvalue weighted by Crippen LogP contribution is -2.40. The van der Waals surface area contributed by atoms with Gasteiger partial charge in [-0.1, -0.05) is 48.3 Å². The van der Waals surface area contributed by atoms with Gasteiger partial charge < -0.3 is 15.2 Å². The topological polar surface area (TPSA) is 97.1 Å². The molecular weight excluding hydrogens is 356 g/mol. The lowest BCUT2D eigenvalue weighted by Gasteiger charge is -2.20. The van der Waals surface area contributed by atoms with Gasteiger partial charge in [-0.2, -0.15) is 4.98 Å². The smallest absolute Gasteiger partial charge is 0.232 e. The maximum absolute atomic E-state index is 12.7. The molecule has 1 aromatic carbocycles. The summed E-state index contributed by atoms with van der Waals surface area (Å²) in [6, 6.07) is 9.47.